The number of hydrogen-bond acceptors (Lipinski definition) is 6. The minimum absolute atomic E-state index is 0.0618. The van der Waals surface area contributed by atoms with Gasteiger partial charge in [-0.3, -0.25) is 9.48 Å². The van der Waals surface area contributed by atoms with Crippen molar-refractivity contribution in [2.45, 2.75) is 52.2 Å². The van der Waals surface area contributed by atoms with Gasteiger partial charge in [-0.1, -0.05) is 31.2 Å². The smallest absolute Gasteiger partial charge is 0.263 e. The zero-order valence-electron chi connectivity index (χ0n) is 22.6. The monoisotopic (exact) mass is 539 g/mol. The van der Waals surface area contributed by atoms with Gasteiger partial charge in [0.05, 0.1) is 12.2 Å². The van der Waals surface area contributed by atoms with E-state index in [1.807, 2.05) is 44.2 Å². The number of hydrogen-bond donors (Lipinski definition) is 1. The van der Waals surface area contributed by atoms with Crippen LogP contribution in [-0.2, 0) is 23.1 Å². The van der Waals surface area contributed by atoms with Crippen LogP contribution in [0, 0.1) is 13.8 Å². The Morgan fingerprint density at radius 3 is 2.39 bits per heavy atom. The average Bonchev–Trinajstić information content (AvgIpc) is 3.39. The lowest BCUT2D eigenvalue weighted by Gasteiger charge is -2.36. The van der Waals surface area contributed by atoms with Crippen LogP contribution >= 0.6 is 0 Å². The second-order valence-corrected chi connectivity index (χ2v) is 11.3. The lowest BCUT2D eigenvalue weighted by molar-refractivity contribution is 0.0947. The zero-order valence-corrected chi connectivity index (χ0v) is 23.4. The molecule has 4 rings (SSSR count). The summed E-state index contributed by atoms with van der Waals surface area (Å²) in [6.45, 7) is 11.2. The Morgan fingerprint density at radius 1 is 1.03 bits per heavy atom. The van der Waals surface area contributed by atoms with Crippen LogP contribution in [0.5, 0.6) is 5.75 Å². The Kier molecular flexibility index (Phi) is 8.73. The first-order valence-electron chi connectivity index (χ1n) is 13.1. The largest absolute Gasteiger partial charge is 0.494 e. The van der Waals surface area contributed by atoms with Crippen molar-refractivity contribution in [1.82, 2.24) is 19.4 Å². The van der Waals surface area contributed by atoms with E-state index < -0.39 is 15.9 Å². The summed E-state index contributed by atoms with van der Waals surface area (Å²) in [4.78, 5) is 15.3. The molecule has 1 saturated heterocycles. The van der Waals surface area contributed by atoms with E-state index in [0.717, 1.165) is 23.4 Å². The Bertz CT molecular complexity index is 1360. The molecular weight excluding hydrogens is 502 g/mol. The lowest BCUT2D eigenvalue weighted by atomic mass is 10.1. The normalized spacial score (nSPS) is 14.5. The van der Waals surface area contributed by atoms with E-state index in [9.17, 15) is 13.2 Å². The van der Waals surface area contributed by atoms with E-state index in [0.29, 0.717) is 39.3 Å². The number of carbonyl (C=O) groups is 1. The van der Waals surface area contributed by atoms with Gasteiger partial charge in [0, 0.05) is 51.2 Å². The molecule has 1 N–H and O–H groups in total. The summed E-state index contributed by atoms with van der Waals surface area (Å²) in [5.74, 6) is 0.306. The molecule has 9 nitrogen and oxygen atoms in total. The molecular formula is C28H37N5O4S. The summed E-state index contributed by atoms with van der Waals surface area (Å²) in [7, 11) is -3.95. The number of amides is 1. The van der Waals surface area contributed by atoms with Crippen molar-refractivity contribution in [3.63, 3.8) is 0 Å². The van der Waals surface area contributed by atoms with Gasteiger partial charge in [-0.15, -0.1) is 0 Å². The molecule has 2 aromatic carbocycles. The maximum atomic E-state index is 13.6. The van der Waals surface area contributed by atoms with E-state index in [2.05, 4.69) is 41.3 Å². The van der Waals surface area contributed by atoms with Crippen LogP contribution in [0.15, 0.2) is 53.7 Å². The van der Waals surface area contributed by atoms with Gasteiger partial charge >= 0.3 is 0 Å². The van der Waals surface area contributed by atoms with Crippen LogP contribution in [-0.4, -0.2) is 61.2 Å². The molecule has 0 saturated carbocycles. The van der Waals surface area contributed by atoms with Crippen molar-refractivity contribution < 1.29 is 17.9 Å². The van der Waals surface area contributed by atoms with Crippen molar-refractivity contribution in [3.8, 4) is 5.75 Å². The van der Waals surface area contributed by atoms with Crippen molar-refractivity contribution in [2.75, 3.05) is 37.7 Å². The summed E-state index contributed by atoms with van der Waals surface area (Å²) in [5.41, 5.74) is 4.48. The van der Waals surface area contributed by atoms with Crippen LogP contribution in [0.1, 0.15) is 47.3 Å². The van der Waals surface area contributed by atoms with Gasteiger partial charge in [0.15, 0.2) is 0 Å². The molecule has 1 aliphatic heterocycles. The van der Waals surface area contributed by atoms with Crippen LogP contribution < -0.4 is 15.0 Å². The van der Waals surface area contributed by atoms with Crippen molar-refractivity contribution >= 4 is 21.6 Å². The van der Waals surface area contributed by atoms with Gasteiger partial charge in [0.2, 0.25) is 5.03 Å². The van der Waals surface area contributed by atoms with Crippen LogP contribution in [0.3, 0.4) is 0 Å². The number of nitrogens with zero attached hydrogens (tertiary/aromatic N) is 4. The molecule has 1 aliphatic rings. The summed E-state index contributed by atoms with van der Waals surface area (Å²) >= 11 is 0. The van der Waals surface area contributed by atoms with Gasteiger partial charge in [0.1, 0.15) is 5.75 Å². The highest BCUT2D eigenvalue weighted by atomic mass is 32.2. The first-order chi connectivity index (χ1) is 18.2. The van der Waals surface area contributed by atoms with E-state index >= 15 is 0 Å². The van der Waals surface area contributed by atoms with Gasteiger partial charge in [-0.2, -0.15) is 9.40 Å². The Hall–Kier alpha value is -3.37. The van der Waals surface area contributed by atoms with Gasteiger partial charge in [-0.05, 0) is 62.1 Å². The Balaban J connectivity index is 1.46. The van der Waals surface area contributed by atoms with Crippen molar-refractivity contribution in [2.24, 2.45) is 0 Å². The molecule has 0 bridgehead atoms. The second kappa shape index (κ2) is 12.0. The molecule has 0 radical (unpaired) electrons. The van der Waals surface area contributed by atoms with Crippen molar-refractivity contribution in [1.29, 1.82) is 0 Å². The number of nitrogens with one attached hydrogen (secondary N) is 1. The fourth-order valence-corrected chi connectivity index (χ4v) is 6.00. The summed E-state index contributed by atoms with van der Waals surface area (Å²) in [5, 5.41) is 6.94. The van der Waals surface area contributed by atoms with Crippen LogP contribution in [0.4, 0.5) is 5.69 Å². The number of aryl methyl sites for hydroxylation is 2. The van der Waals surface area contributed by atoms with Crippen molar-refractivity contribution in [3.05, 3.63) is 70.9 Å². The van der Waals surface area contributed by atoms with E-state index in [1.165, 1.54) is 26.3 Å². The predicted molar refractivity (Wildman–Crippen MR) is 148 cm³/mol. The predicted octanol–water partition coefficient (Wildman–Crippen LogP) is 3.75. The molecule has 1 fully saturated rings. The minimum atomic E-state index is -3.95. The fraction of sp³-hybridized carbons (Fsp3) is 0.429. The zero-order chi connectivity index (χ0) is 27.3. The fourth-order valence-electron chi connectivity index (χ4n) is 4.48. The molecule has 0 aliphatic carbocycles. The number of rotatable bonds is 10. The maximum Gasteiger partial charge on any atom is 0.263 e. The third-order valence-electron chi connectivity index (χ3n) is 6.89. The molecule has 0 spiro atoms. The van der Waals surface area contributed by atoms with Crippen LogP contribution in [0.25, 0.3) is 0 Å². The minimum Gasteiger partial charge on any atom is -0.494 e. The summed E-state index contributed by atoms with van der Waals surface area (Å²) in [6.07, 6.45) is 2.44. The van der Waals surface area contributed by atoms with Gasteiger partial charge in [-0.25, -0.2) is 8.42 Å². The van der Waals surface area contributed by atoms with Gasteiger partial charge < -0.3 is 15.0 Å². The second-order valence-electron chi connectivity index (χ2n) is 9.49. The van der Waals surface area contributed by atoms with E-state index in [4.69, 9.17) is 4.74 Å². The van der Waals surface area contributed by atoms with Crippen LogP contribution in [0.2, 0.25) is 0 Å². The van der Waals surface area contributed by atoms with E-state index in [1.54, 1.807) is 0 Å². The molecule has 3 aromatic rings. The number of ether oxygens (including phenoxy) is 1. The SMILES string of the molecule is CCCOc1ccc(CNC(=O)c2cn(CC)nc2S(=O)(=O)N2CCN(c3cccc(C)c3C)CC2)cc1. The number of benzene rings is 2. The number of sulfonamides is 1. The number of anilines is 1. The Labute approximate surface area is 225 Å². The molecule has 1 aromatic heterocycles. The molecule has 204 valence electrons. The third kappa shape index (κ3) is 6.02. The number of carbonyl (C=O) groups excluding carboxylic acids is 1. The maximum absolute atomic E-state index is 13.6. The summed E-state index contributed by atoms with van der Waals surface area (Å²) in [6, 6.07) is 13.7. The first kappa shape index (κ1) is 27.7. The Morgan fingerprint density at radius 2 is 1.74 bits per heavy atom. The molecule has 10 heteroatoms. The molecule has 38 heavy (non-hydrogen) atoms. The highest BCUT2D eigenvalue weighted by Crippen LogP contribution is 2.26. The molecule has 0 atom stereocenters. The average molecular weight is 540 g/mol. The molecule has 0 unspecified atom stereocenters. The first-order valence-corrected chi connectivity index (χ1v) is 14.6. The summed E-state index contributed by atoms with van der Waals surface area (Å²) < 4.78 is 35.8. The lowest BCUT2D eigenvalue weighted by Crippen LogP contribution is -2.49. The van der Waals surface area contributed by atoms with Gasteiger partial charge in [0.25, 0.3) is 15.9 Å². The number of aromatic nitrogens is 2. The highest BCUT2D eigenvalue weighted by molar-refractivity contribution is 7.89. The number of piperazine rings is 1. The third-order valence-corrected chi connectivity index (χ3v) is 8.72. The highest BCUT2D eigenvalue weighted by Gasteiger charge is 2.35. The molecule has 2 heterocycles. The quantitative estimate of drug-likeness (QED) is 0.422. The topological polar surface area (TPSA) is 96.8 Å². The standard InChI is InChI=1S/C28H37N5O4S/c1-5-18-37-24-12-10-23(11-13-24)19-29-27(34)25-20-32(6-2)30-28(25)38(35,36)33-16-14-31(15-17-33)26-9-7-8-21(3)22(26)4/h7-13,20H,5-6,14-19H2,1-4H3,(H,29,34). The molecule has 1 amide bonds. The van der Waals surface area contributed by atoms with E-state index in [-0.39, 0.29) is 17.1 Å².